The Bertz CT molecular complexity index is 1060. The maximum Gasteiger partial charge on any atom is 0.252 e. The summed E-state index contributed by atoms with van der Waals surface area (Å²) in [6, 6.07) is 3.86. The van der Waals surface area contributed by atoms with Gasteiger partial charge in [-0.2, -0.15) is 0 Å². The number of benzene rings is 2. The Morgan fingerprint density at radius 1 is 0.788 bits per heavy atom. The van der Waals surface area contributed by atoms with Crippen molar-refractivity contribution in [3.05, 3.63) is 70.8 Å². The second-order valence-electron chi connectivity index (χ2n) is 11.0. The van der Waals surface area contributed by atoms with Gasteiger partial charge < -0.3 is 19.7 Å². The molecule has 0 unspecified atom stereocenters. The van der Waals surface area contributed by atoms with Gasteiger partial charge in [-0.3, -0.25) is 0 Å². The van der Waals surface area contributed by atoms with Gasteiger partial charge in [0.25, 0.3) is 5.79 Å². The standard InChI is InChI=1S/C29H36O4/c1-9-11-19-23-21(13-17(3)25(19)30)32-29(15-27(23,5)6)16-28(7,8)24-20(12-10-2)26(31)18(4)14-22(24)33-29/h9-10,13-14,30-31H,1-2,11-12,15-16H2,3-8H3. The van der Waals surface area contributed by atoms with Crippen LogP contribution in [0.15, 0.2) is 37.4 Å². The first-order valence-electron chi connectivity index (χ1n) is 11.7. The average Bonchev–Trinajstić information content (AvgIpc) is 2.67. The predicted molar refractivity (Wildman–Crippen MR) is 133 cm³/mol. The van der Waals surface area contributed by atoms with E-state index in [4.69, 9.17) is 9.47 Å². The monoisotopic (exact) mass is 448 g/mol. The van der Waals surface area contributed by atoms with Gasteiger partial charge in [-0.05, 0) is 49.9 Å². The molecule has 1 spiro atoms. The second-order valence-corrected chi connectivity index (χ2v) is 11.0. The average molecular weight is 449 g/mol. The lowest BCUT2D eigenvalue weighted by Crippen LogP contribution is -2.56. The fraction of sp³-hybridized carbons (Fsp3) is 0.448. The lowest BCUT2D eigenvalue weighted by atomic mass is 9.67. The normalized spacial score (nSPS) is 19.1. The van der Waals surface area contributed by atoms with E-state index in [2.05, 4.69) is 40.9 Å². The highest BCUT2D eigenvalue weighted by molar-refractivity contribution is 5.60. The third kappa shape index (κ3) is 3.60. The van der Waals surface area contributed by atoms with Crippen LogP contribution in [0.4, 0.5) is 0 Å². The van der Waals surface area contributed by atoms with Crippen LogP contribution in [0.5, 0.6) is 23.0 Å². The largest absolute Gasteiger partial charge is 0.507 e. The molecule has 0 saturated carbocycles. The van der Waals surface area contributed by atoms with Gasteiger partial charge in [0.15, 0.2) is 0 Å². The van der Waals surface area contributed by atoms with Crippen molar-refractivity contribution in [3.8, 4) is 23.0 Å². The van der Waals surface area contributed by atoms with E-state index >= 15 is 0 Å². The zero-order chi connectivity index (χ0) is 24.3. The lowest BCUT2D eigenvalue weighted by Gasteiger charge is -2.52. The number of rotatable bonds is 4. The molecule has 2 heterocycles. The molecule has 0 atom stereocenters. The Hall–Kier alpha value is -2.88. The molecular formula is C29H36O4. The molecular weight excluding hydrogens is 412 g/mol. The molecule has 4 rings (SSSR count). The molecule has 4 heteroatoms. The third-order valence-corrected chi connectivity index (χ3v) is 7.18. The van der Waals surface area contributed by atoms with Crippen molar-refractivity contribution in [3.63, 3.8) is 0 Å². The van der Waals surface area contributed by atoms with Gasteiger partial charge in [-0.15, -0.1) is 13.2 Å². The van der Waals surface area contributed by atoms with Crippen molar-refractivity contribution >= 4 is 0 Å². The van der Waals surface area contributed by atoms with E-state index < -0.39 is 5.79 Å². The van der Waals surface area contributed by atoms with Crippen molar-refractivity contribution in [2.75, 3.05) is 0 Å². The first-order valence-corrected chi connectivity index (χ1v) is 11.7. The van der Waals surface area contributed by atoms with Gasteiger partial charge in [0.2, 0.25) is 0 Å². The molecule has 2 aromatic carbocycles. The van der Waals surface area contributed by atoms with Gasteiger partial charge in [-0.1, -0.05) is 39.8 Å². The highest BCUT2D eigenvalue weighted by Crippen LogP contribution is 2.57. The van der Waals surface area contributed by atoms with Gasteiger partial charge >= 0.3 is 0 Å². The zero-order valence-electron chi connectivity index (χ0n) is 20.8. The van der Waals surface area contributed by atoms with Crippen LogP contribution in [0.1, 0.15) is 73.9 Å². The first kappa shape index (κ1) is 23.3. The number of aromatic hydroxyl groups is 2. The van der Waals surface area contributed by atoms with Crippen molar-refractivity contribution in [1.29, 1.82) is 0 Å². The maximum atomic E-state index is 10.8. The van der Waals surface area contributed by atoms with Crippen LogP contribution in [-0.4, -0.2) is 16.0 Å². The van der Waals surface area contributed by atoms with Crippen LogP contribution < -0.4 is 9.47 Å². The Labute approximate surface area is 197 Å². The van der Waals surface area contributed by atoms with Crippen LogP contribution in [0.2, 0.25) is 0 Å². The lowest BCUT2D eigenvalue weighted by molar-refractivity contribution is -0.166. The van der Waals surface area contributed by atoms with E-state index in [0.717, 1.165) is 44.9 Å². The van der Waals surface area contributed by atoms with Gasteiger partial charge in [0.05, 0.1) is 0 Å². The van der Waals surface area contributed by atoms with Crippen molar-refractivity contribution in [2.24, 2.45) is 0 Å². The van der Waals surface area contributed by atoms with Crippen LogP contribution in [0.3, 0.4) is 0 Å². The SMILES string of the molecule is C=CCc1c(O)c(C)cc2c1C(C)(C)CC1(CC(C)(C)c3c(cc(C)c(O)c3CC=C)O1)O2. The molecule has 2 aliphatic heterocycles. The zero-order valence-corrected chi connectivity index (χ0v) is 20.8. The molecule has 2 aromatic rings. The number of phenolic OH excluding ortho intramolecular Hbond substituents is 2. The molecule has 0 bridgehead atoms. The fourth-order valence-electron chi connectivity index (χ4n) is 6.17. The van der Waals surface area contributed by atoms with Gasteiger partial charge in [-0.25, -0.2) is 0 Å². The smallest absolute Gasteiger partial charge is 0.252 e. The molecule has 2 aliphatic rings. The fourth-order valence-corrected chi connectivity index (χ4v) is 6.17. The second kappa shape index (κ2) is 7.58. The molecule has 176 valence electrons. The predicted octanol–water partition coefficient (Wildman–Crippen LogP) is 6.69. The van der Waals surface area contributed by atoms with Crippen LogP contribution in [-0.2, 0) is 23.7 Å². The highest BCUT2D eigenvalue weighted by atomic mass is 16.7. The Morgan fingerprint density at radius 3 is 1.48 bits per heavy atom. The van der Waals surface area contributed by atoms with E-state index in [1.807, 2.05) is 38.1 Å². The summed E-state index contributed by atoms with van der Waals surface area (Å²) in [5, 5.41) is 21.6. The minimum Gasteiger partial charge on any atom is -0.507 e. The third-order valence-electron chi connectivity index (χ3n) is 7.18. The number of aryl methyl sites for hydroxylation is 2. The van der Waals surface area contributed by atoms with E-state index in [-0.39, 0.29) is 10.8 Å². The van der Waals surface area contributed by atoms with Crippen molar-refractivity contribution in [1.82, 2.24) is 0 Å². The van der Waals surface area contributed by atoms with Gasteiger partial charge in [0.1, 0.15) is 23.0 Å². The quantitative estimate of drug-likeness (QED) is 0.512. The summed E-state index contributed by atoms with van der Waals surface area (Å²) in [6.45, 7) is 20.3. The van der Waals surface area contributed by atoms with Crippen molar-refractivity contribution in [2.45, 2.75) is 83.8 Å². The topological polar surface area (TPSA) is 58.9 Å². The summed E-state index contributed by atoms with van der Waals surface area (Å²) in [5.41, 5.74) is 4.79. The molecule has 0 fully saturated rings. The first-order chi connectivity index (χ1) is 15.4. The molecule has 0 aliphatic carbocycles. The van der Waals surface area contributed by atoms with E-state index in [1.165, 1.54) is 0 Å². The number of ether oxygens (including phenoxy) is 2. The Morgan fingerprint density at radius 2 is 1.15 bits per heavy atom. The number of phenols is 2. The molecule has 33 heavy (non-hydrogen) atoms. The number of hydrogen-bond donors (Lipinski definition) is 2. The summed E-state index contributed by atoms with van der Waals surface area (Å²) in [7, 11) is 0. The minimum atomic E-state index is -0.850. The molecule has 0 radical (unpaired) electrons. The molecule has 0 amide bonds. The summed E-state index contributed by atoms with van der Waals surface area (Å²) >= 11 is 0. The Kier molecular flexibility index (Phi) is 5.35. The molecule has 0 aromatic heterocycles. The molecule has 4 nitrogen and oxygen atoms in total. The van der Waals surface area contributed by atoms with Crippen LogP contribution >= 0.6 is 0 Å². The summed E-state index contributed by atoms with van der Waals surface area (Å²) in [5.74, 6) is 1.31. The Balaban J connectivity index is 1.90. The van der Waals surface area contributed by atoms with E-state index in [9.17, 15) is 10.2 Å². The highest BCUT2D eigenvalue weighted by Gasteiger charge is 2.54. The van der Waals surface area contributed by atoms with E-state index in [1.54, 1.807) is 0 Å². The number of allylic oxidation sites excluding steroid dienone is 2. The maximum absolute atomic E-state index is 10.8. The summed E-state index contributed by atoms with van der Waals surface area (Å²) in [6.07, 6.45) is 6.07. The van der Waals surface area contributed by atoms with Crippen LogP contribution in [0.25, 0.3) is 0 Å². The minimum absolute atomic E-state index is 0.291. The molecule has 0 saturated heterocycles. The van der Waals surface area contributed by atoms with Crippen molar-refractivity contribution < 1.29 is 19.7 Å². The summed E-state index contributed by atoms with van der Waals surface area (Å²) in [4.78, 5) is 0. The number of hydrogen-bond acceptors (Lipinski definition) is 4. The number of fused-ring (bicyclic) bond motifs is 2. The van der Waals surface area contributed by atoms with Gasteiger partial charge in [0, 0.05) is 45.9 Å². The van der Waals surface area contributed by atoms with Crippen LogP contribution in [0, 0.1) is 13.8 Å². The van der Waals surface area contributed by atoms with E-state index in [0.29, 0.717) is 37.2 Å². The molecule has 2 N–H and O–H groups in total. The summed E-state index contributed by atoms with van der Waals surface area (Å²) < 4.78 is 13.5.